The number of nitro benzene ring substituents is 1. The van der Waals surface area contributed by atoms with Crippen molar-refractivity contribution in [2.75, 3.05) is 5.32 Å². The van der Waals surface area contributed by atoms with Crippen molar-refractivity contribution in [2.24, 2.45) is 0 Å². The van der Waals surface area contributed by atoms with Crippen LogP contribution < -0.4 is 5.32 Å². The topological polar surface area (TPSA) is 73.0 Å². The summed E-state index contributed by atoms with van der Waals surface area (Å²) in [7, 11) is 0. The Kier molecular flexibility index (Phi) is 4.57. The summed E-state index contributed by atoms with van der Waals surface area (Å²) in [4.78, 5) is 10.5. The van der Waals surface area contributed by atoms with Gasteiger partial charge < -0.3 is 5.32 Å². The van der Waals surface area contributed by atoms with Crippen molar-refractivity contribution < 1.29 is 4.92 Å². The number of benzene rings is 1. The van der Waals surface area contributed by atoms with E-state index in [1.165, 1.54) is 12.1 Å². The molecule has 0 amide bonds. The lowest BCUT2D eigenvalue weighted by atomic mass is 10.2. The molecule has 0 radical (unpaired) electrons. The lowest BCUT2D eigenvalue weighted by Gasteiger charge is -2.09. The summed E-state index contributed by atoms with van der Waals surface area (Å²) in [6.45, 7) is 3.35. The van der Waals surface area contributed by atoms with E-state index in [1.54, 1.807) is 12.3 Å². The maximum Gasteiger partial charge on any atom is 0.292 e. The van der Waals surface area contributed by atoms with Crippen molar-refractivity contribution in [1.82, 2.24) is 9.78 Å². The largest absolute Gasteiger partial charge is 0.374 e. The number of hydrogen-bond acceptors (Lipinski definition) is 4. The van der Waals surface area contributed by atoms with Gasteiger partial charge in [0.25, 0.3) is 5.69 Å². The number of aryl methyl sites for hydroxylation is 1. The van der Waals surface area contributed by atoms with Crippen LogP contribution in [-0.2, 0) is 13.1 Å². The third-order valence-corrected chi connectivity index (χ3v) is 3.09. The van der Waals surface area contributed by atoms with E-state index in [0.717, 1.165) is 18.7 Å². The number of hydrogen-bond donors (Lipinski definition) is 1. The van der Waals surface area contributed by atoms with Crippen molar-refractivity contribution in [3.8, 4) is 0 Å². The molecule has 0 unspecified atom stereocenters. The third kappa shape index (κ3) is 3.27. The van der Waals surface area contributed by atoms with Crippen LogP contribution in [0.25, 0.3) is 0 Å². The SMILES string of the molecule is CCCn1nccc1CNc1cc(Cl)ccc1[N+](=O)[O-]. The maximum atomic E-state index is 11.0. The molecule has 1 heterocycles. The smallest absolute Gasteiger partial charge is 0.292 e. The quantitative estimate of drug-likeness (QED) is 0.654. The number of nitrogens with one attached hydrogen (secondary N) is 1. The van der Waals surface area contributed by atoms with Gasteiger partial charge in [-0.3, -0.25) is 14.8 Å². The van der Waals surface area contributed by atoms with E-state index in [0.29, 0.717) is 17.3 Å². The molecule has 2 rings (SSSR count). The van der Waals surface area contributed by atoms with Crippen LogP contribution in [0, 0.1) is 10.1 Å². The molecular weight excluding hydrogens is 280 g/mol. The van der Waals surface area contributed by atoms with Crippen LogP contribution in [0.15, 0.2) is 30.5 Å². The van der Waals surface area contributed by atoms with E-state index in [9.17, 15) is 10.1 Å². The summed E-state index contributed by atoms with van der Waals surface area (Å²) in [6.07, 6.45) is 2.70. The molecule has 0 bridgehead atoms. The van der Waals surface area contributed by atoms with Gasteiger partial charge in [-0.2, -0.15) is 5.10 Å². The molecule has 1 aromatic carbocycles. The first-order valence-corrected chi connectivity index (χ1v) is 6.68. The maximum absolute atomic E-state index is 11.0. The van der Waals surface area contributed by atoms with Gasteiger partial charge in [0, 0.05) is 23.8 Å². The van der Waals surface area contributed by atoms with Crippen molar-refractivity contribution in [2.45, 2.75) is 26.4 Å². The molecule has 1 N–H and O–H groups in total. The van der Waals surface area contributed by atoms with Crippen LogP contribution in [-0.4, -0.2) is 14.7 Å². The zero-order chi connectivity index (χ0) is 14.5. The van der Waals surface area contributed by atoms with E-state index < -0.39 is 4.92 Å². The van der Waals surface area contributed by atoms with Gasteiger partial charge in [0.2, 0.25) is 0 Å². The summed E-state index contributed by atoms with van der Waals surface area (Å²) in [5, 5.41) is 18.7. The summed E-state index contributed by atoms with van der Waals surface area (Å²) in [6, 6.07) is 6.35. The fraction of sp³-hybridized carbons (Fsp3) is 0.308. The summed E-state index contributed by atoms with van der Waals surface area (Å²) >= 11 is 5.88. The molecule has 0 fully saturated rings. The summed E-state index contributed by atoms with van der Waals surface area (Å²) < 4.78 is 1.88. The number of anilines is 1. The lowest BCUT2D eigenvalue weighted by Crippen LogP contribution is -2.09. The molecule has 0 aliphatic heterocycles. The van der Waals surface area contributed by atoms with Crippen molar-refractivity contribution in [3.05, 3.63) is 51.3 Å². The zero-order valence-electron chi connectivity index (χ0n) is 11.0. The Morgan fingerprint density at radius 2 is 2.25 bits per heavy atom. The Balaban J connectivity index is 2.16. The normalized spacial score (nSPS) is 10.5. The van der Waals surface area contributed by atoms with Gasteiger partial charge in [0.15, 0.2) is 0 Å². The van der Waals surface area contributed by atoms with E-state index in [4.69, 9.17) is 11.6 Å². The predicted molar refractivity (Wildman–Crippen MR) is 78.0 cm³/mol. The number of halogens is 1. The van der Waals surface area contributed by atoms with Gasteiger partial charge >= 0.3 is 0 Å². The molecule has 2 aromatic rings. The van der Waals surface area contributed by atoms with Crippen molar-refractivity contribution in [3.63, 3.8) is 0 Å². The van der Waals surface area contributed by atoms with Crippen LogP contribution >= 0.6 is 11.6 Å². The first kappa shape index (κ1) is 14.3. The van der Waals surface area contributed by atoms with Gasteiger partial charge in [-0.05, 0) is 24.6 Å². The molecule has 0 aliphatic carbocycles. The van der Waals surface area contributed by atoms with Crippen LogP contribution in [0.2, 0.25) is 5.02 Å². The molecule has 0 atom stereocenters. The lowest BCUT2D eigenvalue weighted by molar-refractivity contribution is -0.384. The van der Waals surface area contributed by atoms with E-state index in [-0.39, 0.29) is 5.69 Å². The van der Waals surface area contributed by atoms with E-state index in [2.05, 4.69) is 17.3 Å². The van der Waals surface area contributed by atoms with Gasteiger partial charge in [0.1, 0.15) is 5.69 Å². The highest BCUT2D eigenvalue weighted by Crippen LogP contribution is 2.28. The van der Waals surface area contributed by atoms with Gasteiger partial charge in [-0.15, -0.1) is 0 Å². The zero-order valence-corrected chi connectivity index (χ0v) is 11.8. The standard InChI is InChI=1S/C13H15ClN4O2/c1-2-7-17-11(5-6-16-17)9-15-12-8-10(14)3-4-13(12)18(19)20/h3-6,8,15H,2,7,9H2,1H3. The molecule has 0 spiro atoms. The second-order valence-corrected chi connectivity index (χ2v) is 4.75. The second-order valence-electron chi connectivity index (χ2n) is 4.32. The molecular formula is C13H15ClN4O2. The minimum absolute atomic E-state index is 0.0101. The third-order valence-electron chi connectivity index (χ3n) is 2.86. The Morgan fingerprint density at radius 3 is 2.95 bits per heavy atom. The minimum Gasteiger partial charge on any atom is -0.374 e. The van der Waals surface area contributed by atoms with Crippen LogP contribution in [0.5, 0.6) is 0 Å². The van der Waals surface area contributed by atoms with Gasteiger partial charge in [-0.1, -0.05) is 18.5 Å². The first-order valence-electron chi connectivity index (χ1n) is 6.30. The molecule has 7 heteroatoms. The summed E-state index contributed by atoms with van der Waals surface area (Å²) in [5.74, 6) is 0. The van der Waals surface area contributed by atoms with Crippen LogP contribution in [0.3, 0.4) is 0 Å². The fourth-order valence-corrected chi connectivity index (χ4v) is 2.09. The number of rotatable bonds is 6. The molecule has 106 valence electrons. The van der Waals surface area contributed by atoms with E-state index in [1.807, 2.05) is 10.7 Å². The fourth-order valence-electron chi connectivity index (χ4n) is 1.92. The highest BCUT2D eigenvalue weighted by atomic mass is 35.5. The molecule has 0 aliphatic rings. The second kappa shape index (κ2) is 6.38. The summed E-state index contributed by atoms with van der Waals surface area (Å²) in [5.41, 5.74) is 1.39. The predicted octanol–water partition coefficient (Wildman–Crippen LogP) is 3.47. The Hall–Kier alpha value is -2.08. The Bertz CT molecular complexity index is 612. The number of nitrogens with zero attached hydrogens (tertiary/aromatic N) is 3. The molecule has 1 aromatic heterocycles. The van der Waals surface area contributed by atoms with Crippen LogP contribution in [0.1, 0.15) is 19.0 Å². The van der Waals surface area contributed by atoms with Crippen molar-refractivity contribution in [1.29, 1.82) is 0 Å². The highest BCUT2D eigenvalue weighted by Gasteiger charge is 2.14. The average Bonchev–Trinajstić information content (AvgIpc) is 2.84. The van der Waals surface area contributed by atoms with Crippen molar-refractivity contribution >= 4 is 23.0 Å². The minimum atomic E-state index is -0.429. The highest BCUT2D eigenvalue weighted by molar-refractivity contribution is 6.31. The number of aromatic nitrogens is 2. The Morgan fingerprint density at radius 1 is 1.45 bits per heavy atom. The first-order chi connectivity index (χ1) is 9.61. The molecule has 6 nitrogen and oxygen atoms in total. The van der Waals surface area contributed by atoms with E-state index >= 15 is 0 Å². The van der Waals surface area contributed by atoms with Gasteiger partial charge in [0.05, 0.1) is 17.2 Å². The van der Waals surface area contributed by atoms with Crippen LogP contribution in [0.4, 0.5) is 11.4 Å². The molecule has 20 heavy (non-hydrogen) atoms. The molecule has 0 saturated heterocycles. The monoisotopic (exact) mass is 294 g/mol. The average molecular weight is 295 g/mol. The Labute approximate surface area is 121 Å². The van der Waals surface area contributed by atoms with Gasteiger partial charge in [-0.25, -0.2) is 0 Å². The number of nitro groups is 1. The molecule has 0 saturated carbocycles.